The summed E-state index contributed by atoms with van der Waals surface area (Å²) in [5, 5.41) is 0. The second kappa shape index (κ2) is 4.10. The number of rotatable bonds is 3. The lowest BCUT2D eigenvalue weighted by atomic mass is 10.2. The van der Waals surface area contributed by atoms with E-state index in [4.69, 9.17) is 4.74 Å². The third kappa shape index (κ3) is 1.74. The fourth-order valence-electron chi connectivity index (χ4n) is 2.11. The predicted octanol–water partition coefficient (Wildman–Crippen LogP) is 2.54. The standard InChI is InChI=1S/C13H14N2O/c1-2-4-11(5-3-1)10-16-12-6-8-15-9-7-14-13(12)15/h1-5,7,9,12H,6,8,10H2/t12-/m1/s1. The van der Waals surface area contributed by atoms with Crippen LogP contribution in [0, 0.1) is 0 Å². The maximum Gasteiger partial charge on any atom is 0.137 e. The molecular weight excluding hydrogens is 200 g/mol. The van der Waals surface area contributed by atoms with Gasteiger partial charge in [0.05, 0.1) is 6.61 Å². The molecule has 0 radical (unpaired) electrons. The third-order valence-corrected chi connectivity index (χ3v) is 2.96. The topological polar surface area (TPSA) is 27.1 Å². The highest BCUT2D eigenvalue weighted by atomic mass is 16.5. The van der Waals surface area contributed by atoms with Gasteiger partial charge in [0, 0.05) is 18.9 Å². The van der Waals surface area contributed by atoms with Crippen LogP contribution in [0.15, 0.2) is 42.7 Å². The molecule has 1 aliphatic rings. The van der Waals surface area contributed by atoms with Gasteiger partial charge in [-0.15, -0.1) is 0 Å². The van der Waals surface area contributed by atoms with Gasteiger partial charge < -0.3 is 9.30 Å². The van der Waals surface area contributed by atoms with Crippen LogP contribution >= 0.6 is 0 Å². The van der Waals surface area contributed by atoms with E-state index in [0.717, 1.165) is 18.8 Å². The summed E-state index contributed by atoms with van der Waals surface area (Å²) in [6.07, 6.45) is 5.06. The molecule has 0 spiro atoms. The summed E-state index contributed by atoms with van der Waals surface area (Å²) < 4.78 is 8.05. The van der Waals surface area contributed by atoms with Crippen molar-refractivity contribution in [1.82, 2.24) is 9.55 Å². The summed E-state index contributed by atoms with van der Waals surface area (Å²) in [4.78, 5) is 4.33. The Kier molecular flexibility index (Phi) is 2.46. The molecule has 0 fully saturated rings. The molecule has 2 heterocycles. The van der Waals surface area contributed by atoms with Crippen molar-refractivity contribution >= 4 is 0 Å². The number of benzene rings is 1. The van der Waals surface area contributed by atoms with Crippen LogP contribution < -0.4 is 0 Å². The van der Waals surface area contributed by atoms with Crippen LogP contribution in [-0.2, 0) is 17.9 Å². The molecule has 3 nitrogen and oxygen atoms in total. The Hall–Kier alpha value is -1.61. The Labute approximate surface area is 94.7 Å². The molecule has 16 heavy (non-hydrogen) atoms. The van der Waals surface area contributed by atoms with Gasteiger partial charge in [-0.05, 0) is 12.0 Å². The Morgan fingerprint density at radius 1 is 1.31 bits per heavy atom. The van der Waals surface area contributed by atoms with E-state index in [1.54, 1.807) is 0 Å². The molecule has 0 amide bonds. The first-order chi connectivity index (χ1) is 7.93. The average molecular weight is 214 g/mol. The van der Waals surface area contributed by atoms with E-state index in [2.05, 4.69) is 21.7 Å². The molecule has 1 atom stereocenters. The highest BCUT2D eigenvalue weighted by molar-refractivity contribution is 5.13. The van der Waals surface area contributed by atoms with E-state index < -0.39 is 0 Å². The van der Waals surface area contributed by atoms with Crippen molar-refractivity contribution < 1.29 is 4.74 Å². The van der Waals surface area contributed by atoms with Crippen LogP contribution in [-0.4, -0.2) is 9.55 Å². The molecule has 0 bridgehead atoms. The van der Waals surface area contributed by atoms with Gasteiger partial charge in [-0.25, -0.2) is 4.98 Å². The minimum atomic E-state index is 0.162. The Balaban J connectivity index is 1.65. The molecule has 1 aromatic heterocycles. The van der Waals surface area contributed by atoms with E-state index in [1.807, 2.05) is 30.6 Å². The second-order valence-electron chi connectivity index (χ2n) is 4.05. The summed E-state index contributed by atoms with van der Waals surface area (Å²) in [6.45, 7) is 1.69. The lowest BCUT2D eigenvalue weighted by Crippen LogP contribution is -2.02. The minimum Gasteiger partial charge on any atom is -0.366 e. The van der Waals surface area contributed by atoms with Gasteiger partial charge in [-0.3, -0.25) is 0 Å². The van der Waals surface area contributed by atoms with Gasteiger partial charge in [-0.1, -0.05) is 30.3 Å². The monoisotopic (exact) mass is 214 g/mol. The number of imidazole rings is 1. The van der Waals surface area contributed by atoms with E-state index in [0.29, 0.717) is 6.61 Å². The normalized spacial score (nSPS) is 18.6. The van der Waals surface area contributed by atoms with E-state index in [-0.39, 0.29) is 6.10 Å². The highest BCUT2D eigenvalue weighted by Crippen LogP contribution is 2.28. The van der Waals surface area contributed by atoms with Gasteiger partial charge in [0.2, 0.25) is 0 Å². The molecular formula is C13H14N2O. The molecule has 1 aromatic carbocycles. The van der Waals surface area contributed by atoms with Crippen LogP contribution in [0.25, 0.3) is 0 Å². The molecule has 0 saturated carbocycles. The maximum absolute atomic E-state index is 5.89. The fraction of sp³-hybridized carbons (Fsp3) is 0.308. The minimum absolute atomic E-state index is 0.162. The number of nitrogens with zero attached hydrogens (tertiary/aromatic N) is 2. The molecule has 1 aliphatic heterocycles. The first-order valence-corrected chi connectivity index (χ1v) is 5.60. The van der Waals surface area contributed by atoms with Gasteiger partial charge in [0.1, 0.15) is 11.9 Å². The van der Waals surface area contributed by atoms with Crippen LogP contribution in [0.4, 0.5) is 0 Å². The van der Waals surface area contributed by atoms with Crippen LogP contribution in [0.3, 0.4) is 0 Å². The van der Waals surface area contributed by atoms with Crippen molar-refractivity contribution in [3.8, 4) is 0 Å². The lowest BCUT2D eigenvalue weighted by Gasteiger charge is -2.10. The van der Waals surface area contributed by atoms with Gasteiger partial charge in [-0.2, -0.15) is 0 Å². The van der Waals surface area contributed by atoms with Crippen molar-refractivity contribution in [2.75, 3.05) is 0 Å². The molecule has 3 heteroatoms. The van der Waals surface area contributed by atoms with Gasteiger partial charge >= 0.3 is 0 Å². The van der Waals surface area contributed by atoms with Crippen molar-refractivity contribution in [2.45, 2.75) is 25.7 Å². The SMILES string of the molecule is c1ccc(CO[C@@H]2CCn3ccnc32)cc1. The number of aromatic nitrogens is 2. The summed E-state index contributed by atoms with van der Waals surface area (Å²) >= 11 is 0. The maximum atomic E-state index is 5.89. The summed E-state index contributed by atoms with van der Waals surface area (Å²) in [6, 6.07) is 10.3. The Bertz CT molecular complexity index is 464. The van der Waals surface area contributed by atoms with Gasteiger partial charge in [0.15, 0.2) is 0 Å². The second-order valence-corrected chi connectivity index (χ2v) is 4.05. The Morgan fingerprint density at radius 2 is 2.19 bits per heavy atom. The first-order valence-electron chi connectivity index (χ1n) is 5.60. The van der Waals surface area contributed by atoms with E-state index in [1.165, 1.54) is 5.56 Å². The van der Waals surface area contributed by atoms with Crippen molar-refractivity contribution in [2.24, 2.45) is 0 Å². The number of fused-ring (bicyclic) bond motifs is 1. The third-order valence-electron chi connectivity index (χ3n) is 2.96. The molecule has 2 aromatic rings. The van der Waals surface area contributed by atoms with Crippen LogP contribution in [0.1, 0.15) is 23.9 Å². The number of aryl methyl sites for hydroxylation is 1. The molecule has 0 saturated heterocycles. The van der Waals surface area contributed by atoms with Crippen molar-refractivity contribution in [3.63, 3.8) is 0 Å². The predicted molar refractivity (Wildman–Crippen MR) is 60.8 cm³/mol. The van der Waals surface area contributed by atoms with E-state index in [9.17, 15) is 0 Å². The van der Waals surface area contributed by atoms with Crippen molar-refractivity contribution in [3.05, 3.63) is 54.1 Å². The molecule has 0 unspecified atom stereocenters. The highest BCUT2D eigenvalue weighted by Gasteiger charge is 2.23. The fourth-order valence-corrected chi connectivity index (χ4v) is 2.11. The quantitative estimate of drug-likeness (QED) is 0.785. The summed E-state index contributed by atoms with van der Waals surface area (Å²) in [7, 11) is 0. The average Bonchev–Trinajstić information content (AvgIpc) is 2.90. The zero-order chi connectivity index (χ0) is 10.8. The smallest absolute Gasteiger partial charge is 0.137 e. The molecule has 82 valence electrons. The van der Waals surface area contributed by atoms with Gasteiger partial charge in [0.25, 0.3) is 0 Å². The summed E-state index contributed by atoms with van der Waals surface area (Å²) in [5.41, 5.74) is 1.22. The zero-order valence-corrected chi connectivity index (χ0v) is 9.04. The van der Waals surface area contributed by atoms with Crippen LogP contribution in [0.2, 0.25) is 0 Å². The zero-order valence-electron chi connectivity index (χ0n) is 9.04. The Morgan fingerprint density at radius 3 is 3.06 bits per heavy atom. The number of ether oxygens (including phenoxy) is 1. The molecule has 0 aliphatic carbocycles. The van der Waals surface area contributed by atoms with Crippen molar-refractivity contribution in [1.29, 1.82) is 0 Å². The lowest BCUT2D eigenvalue weighted by molar-refractivity contribution is 0.0384. The largest absolute Gasteiger partial charge is 0.366 e. The molecule has 0 N–H and O–H groups in total. The number of hydrogen-bond donors (Lipinski definition) is 0. The van der Waals surface area contributed by atoms with Crippen LogP contribution in [0.5, 0.6) is 0 Å². The number of hydrogen-bond acceptors (Lipinski definition) is 2. The van der Waals surface area contributed by atoms with E-state index >= 15 is 0 Å². The summed E-state index contributed by atoms with van der Waals surface area (Å²) in [5.74, 6) is 1.07. The molecule has 3 rings (SSSR count). The first kappa shape index (κ1) is 9.60.